The summed E-state index contributed by atoms with van der Waals surface area (Å²) in [7, 11) is 0. The zero-order chi connectivity index (χ0) is 13.1. The summed E-state index contributed by atoms with van der Waals surface area (Å²) in [6, 6.07) is 18.9. The van der Waals surface area contributed by atoms with Crippen molar-refractivity contribution in [2.75, 3.05) is 12.3 Å². The summed E-state index contributed by atoms with van der Waals surface area (Å²) in [5.41, 5.74) is 9.71. The summed E-state index contributed by atoms with van der Waals surface area (Å²) in [5.74, 6) is 0. The number of hydrogen-bond donors (Lipinski definition) is 2. The Morgan fingerprint density at radius 2 is 1.63 bits per heavy atom. The fourth-order valence-corrected chi connectivity index (χ4v) is 2.60. The Kier molecular flexibility index (Phi) is 3.26. The van der Waals surface area contributed by atoms with Gasteiger partial charge in [0.25, 0.3) is 0 Å². The smallest absolute Gasteiger partial charge is 0.0314 e. The van der Waals surface area contributed by atoms with Gasteiger partial charge in [-0.25, -0.2) is 0 Å². The Hall–Kier alpha value is -1.80. The SMILES string of the molecule is Nc1ccc(C2(CNCc3ccccc3)CC2)cc1. The summed E-state index contributed by atoms with van der Waals surface area (Å²) in [6.45, 7) is 1.99. The Morgan fingerprint density at radius 1 is 0.947 bits per heavy atom. The molecule has 0 spiro atoms. The molecule has 1 aliphatic carbocycles. The Morgan fingerprint density at radius 3 is 2.26 bits per heavy atom. The number of hydrogen-bond acceptors (Lipinski definition) is 2. The molecule has 0 saturated heterocycles. The van der Waals surface area contributed by atoms with Crippen molar-refractivity contribution in [3.63, 3.8) is 0 Å². The molecule has 2 nitrogen and oxygen atoms in total. The average molecular weight is 252 g/mol. The van der Waals surface area contributed by atoms with Crippen molar-refractivity contribution in [3.8, 4) is 0 Å². The van der Waals surface area contributed by atoms with E-state index in [2.05, 4.69) is 47.8 Å². The summed E-state index contributed by atoms with van der Waals surface area (Å²) in [6.07, 6.45) is 2.55. The molecule has 0 amide bonds. The van der Waals surface area contributed by atoms with Crippen molar-refractivity contribution < 1.29 is 0 Å². The van der Waals surface area contributed by atoms with Crippen molar-refractivity contribution in [1.82, 2.24) is 5.32 Å². The number of nitrogens with two attached hydrogens (primary N) is 1. The molecule has 19 heavy (non-hydrogen) atoms. The first-order chi connectivity index (χ1) is 9.28. The first-order valence-electron chi connectivity index (χ1n) is 6.89. The maximum Gasteiger partial charge on any atom is 0.0314 e. The zero-order valence-electron chi connectivity index (χ0n) is 11.1. The predicted molar refractivity (Wildman–Crippen MR) is 79.9 cm³/mol. The highest BCUT2D eigenvalue weighted by Gasteiger charge is 2.43. The second-order valence-corrected chi connectivity index (χ2v) is 5.49. The van der Waals surface area contributed by atoms with E-state index in [0.717, 1.165) is 18.8 Å². The lowest BCUT2D eigenvalue weighted by Gasteiger charge is -2.17. The van der Waals surface area contributed by atoms with Gasteiger partial charge in [0.1, 0.15) is 0 Å². The fourth-order valence-electron chi connectivity index (χ4n) is 2.60. The van der Waals surface area contributed by atoms with Crippen LogP contribution in [0.2, 0.25) is 0 Å². The van der Waals surface area contributed by atoms with Crippen LogP contribution >= 0.6 is 0 Å². The number of nitrogens with one attached hydrogen (secondary N) is 1. The van der Waals surface area contributed by atoms with Crippen molar-refractivity contribution >= 4 is 5.69 Å². The minimum Gasteiger partial charge on any atom is -0.399 e. The molecule has 0 aromatic heterocycles. The largest absolute Gasteiger partial charge is 0.399 e. The van der Waals surface area contributed by atoms with Crippen molar-refractivity contribution in [1.29, 1.82) is 0 Å². The maximum atomic E-state index is 5.75. The molecule has 0 bridgehead atoms. The number of nitrogen functional groups attached to an aromatic ring is 1. The molecular formula is C17H20N2. The van der Waals surface area contributed by atoms with Gasteiger partial charge < -0.3 is 11.1 Å². The lowest BCUT2D eigenvalue weighted by molar-refractivity contribution is 0.574. The van der Waals surface area contributed by atoms with Crippen LogP contribution in [-0.4, -0.2) is 6.54 Å². The highest BCUT2D eigenvalue weighted by atomic mass is 14.9. The normalized spacial score (nSPS) is 16.2. The van der Waals surface area contributed by atoms with E-state index < -0.39 is 0 Å². The molecule has 1 aliphatic rings. The van der Waals surface area contributed by atoms with Crippen LogP contribution in [0, 0.1) is 0 Å². The molecule has 1 saturated carbocycles. The molecule has 1 fully saturated rings. The standard InChI is InChI=1S/C17H20N2/c18-16-8-6-15(7-9-16)17(10-11-17)13-19-12-14-4-2-1-3-5-14/h1-9,19H,10-13,18H2. The molecule has 2 aromatic rings. The van der Waals surface area contributed by atoms with Crippen LogP contribution in [-0.2, 0) is 12.0 Å². The van der Waals surface area contributed by atoms with Gasteiger partial charge in [0.2, 0.25) is 0 Å². The Labute approximate surface area is 114 Å². The molecule has 98 valence electrons. The molecule has 2 aromatic carbocycles. The third-order valence-electron chi connectivity index (χ3n) is 4.01. The van der Waals surface area contributed by atoms with Crippen LogP contribution in [0.15, 0.2) is 54.6 Å². The lowest BCUT2D eigenvalue weighted by Crippen LogP contribution is -2.26. The van der Waals surface area contributed by atoms with Gasteiger partial charge in [-0.3, -0.25) is 0 Å². The molecule has 2 heteroatoms. The van der Waals surface area contributed by atoms with E-state index in [1.54, 1.807) is 0 Å². The van der Waals surface area contributed by atoms with E-state index in [-0.39, 0.29) is 0 Å². The first kappa shape index (κ1) is 12.2. The van der Waals surface area contributed by atoms with E-state index in [4.69, 9.17) is 5.73 Å². The van der Waals surface area contributed by atoms with Crippen LogP contribution in [0.25, 0.3) is 0 Å². The van der Waals surface area contributed by atoms with Gasteiger partial charge in [-0.1, -0.05) is 42.5 Å². The van der Waals surface area contributed by atoms with Gasteiger partial charge in [0.05, 0.1) is 0 Å². The highest BCUT2D eigenvalue weighted by Crippen LogP contribution is 2.47. The summed E-state index contributed by atoms with van der Waals surface area (Å²) < 4.78 is 0. The van der Waals surface area contributed by atoms with E-state index in [1.165, 1.54) is 24.0 Å². The lowest BCUT2D eigenvalue weighted by atomic mass is 9.95. The third-order valence-corrected chi connectivity index (χ3v) is 4.01. The van der Waals surface area contributed by atoms with Gasteiger partial charge in [-0.15, -0.1) is 0 Å². The topological polar surface area (TPSA) is 38.0 Å². The molecule has 3 N–H and O–H groups in total. The van der Waals surface area contributed by atoms with Gasteiger partial charge in [0.15, 0.2) is 0 Å². The minimum absolute atomic E-state index is 0.350. The van der Waals surface area contributed by atoms with Crippen LogP contribution in [0.1, 0.15) is 24.0 Å². The van der Waals surface area contributed by atoms with Crippen LogP contribution in [0.3, 0.4) is 0 Å². The molecule has 3 rings (SSSR count). The second-order valence-electron chi connectivity index (χ2n) is 5.49. The van der Waals surface area contributed by atoms with E-state index in [0.29, 0.717) is 5.41 Å². The zero-order valence-corrected chi connectivity index (χ0v) is 11.1. The van der Waals surface area contributed by atoms with Gasteiger partial charge in [-0.05, 0) is 36.1 Å². The van der Waals surface area contributed by atoms with Crippen LogP contribution in [0.4, 0.5) is 5.69 Å². The van der Waals surface area contributed by atoms with Crippen molar-refractivity contribution in [2.45, 2.75) is 24.8 Å². The van der Waals surface area contributed by atoms with E-state index >= 15 is 0 Å². The summed E-state index contributed by atoms with van der Waals surface area (Å²) in [4.78, 5) is 0. The van der Waals surface area contributed by atoms with Crippen molar-refractivity contribution in [3.05, 3.63) is 65.7 Å². The van der Waals surface area contributed by atoms with Gasteiger partial charge in [-0.2, -0.15) is 0 Å². The average Bonchev–Trinajstić information content (AvgIpc) is 3.22. The van der Waals surface area contributed by atoms with E-state index in [1.807, 2.05) is 12.1 Å². The minimum atomic E-state index is 0.350. The Bertz CT molecular complexity index is 527. The monoisotopic (exact) mass is 252 g/mol. The van der Waals surface area contributed by atoms with Crippen LogP contribution in [0.5, 0.6) is 0 Å². The molecule has 0 heterocycles. The fraction of sp³-hybridized carbons (Fsp3) is 0.294. The number of anilines is 1. The van der Waals surface area contributed by atoms with E-state index in [9.17, 15) is 0 Å². The van der Waals surface area contributed by atoms with Crippen LogP contribution < -0.4 is 11.1 Å². The molecular weight excluding hydrogens is 232 g/mol. The Balaban J connectivity index is 1.59. The maximum absolute atomic E-state index is 5.75. The number of rotatable bonds is 5. The molecule has 0 unspecified atom stereocenters. The second kappa shape index (κ2) is 5.06. The summed E-state index contributed by atoms with van der Waals surface area (Å²) >= 11 is 0. The van der Waals surface area contributed by atoms with Gasteiger partial charge in [0, 0.05) is 24.2 Å². The molecule has 0 atom stereocenters. The predicted octanol–water partition coefficient (Wildman–Crippen LogP) is 3.09. The molecule has 0 radical (unpaired) electrons. The molecule has 0 aliphatic heterocycles. The quantitative estimate of drug-likeness (QED) is 0.802. The number of benzene rings is 2. The van der Waals surface area contributed by atoms with Crippen molar-refractivity contribution in [2.24, 2.45) is 0 Å². The summed E-state index contributed by atoms with van der Waals surface area (Å²) in [5, 5.41) is 3.59. The first-order valence-corrected chi connectivity index (χ1v) is 6.89. The van der Waals surface area contributed by atoms with Gasteiger partial charge >= 0.3 is 0 Å². The third kappa shape index (κ3) is 2.79. The highest BCUT2D eigenvalue weighted by molar-refractivity contribution is 5.43.